The number of rotatable bonds is 6. The third kappa shape index (κ3) is 4.01. The average molecular weight is 275 g/mol. The fourth-order valence-corrected chi connectivity index (χ4v) is 1.46. The van der Waals surface area contributed by atoms with Crippen LogP contribution in [-0.4, -0.2) is 29.6 Å². The molecule has 0 fully saturated rings. The normalized spacial score (nSPS) is 10.3. The highest BCUT2D eigenvalue weighted by Gasteiger charge is 2.03. The maximum atomic E-state index is 11.2. The van der Waals surface area contributed by atoms with Gasteiger partial charge in [0.15, 0.2) is 0 Å². The number of anilines is 1. The van der Waals surface area contributed by atoms with Gasteiger partial charge in [0, 0.05) is 6.54 Å². The van der Waals surface area contributed by atoms with Crippen molar-refractivity contribution >= 4 is 21.7 Å². The Kier molecular flexibility index (Phi) is 5.34. The number of nitrogens with zero attached hydrogens (tertiary/aromatic N) is 1. The minimum Gasteiger partial charge on any atom is -0.369 e. The number of hydrogen-bond donors (Lipinski definition) is 3. The number of nitrogens with one attached hydrogen (secondary N) is 3. The third-order valence-electron chi connectivity index (χ3n) is 1.87. The van der Waals surface area contributed by atoms with Crippen LogP contribution in [0.3, 0.4) is 0 Å². The highest BCUT2D eigenvalue weighted by molar-refractivity contribution is 9.10. The smallest absolute Gasteiger partial charge is 0.267 e. The van der Waals surface area contributed by atoms with Crippen molar-refractivity contribution in [2.75, 3.05) is 25.0 Å². The fraction of sp³-hybridized carbons (Fsp3) is 0.556. The van der Waals surface area contributed by atoms with E-state index in [1.165, 1.54) is 6.33 Å². The highest BCUT2D eigenvalue weighted by Crippen LogP contribution is 2.12. The van der Waals surface area contributed by atoms with Crippen molar-refractivity contribution in [2.45, 2.75) is 13.3 Å². The Labute approximate surface area is 96.8 Å². The van der Waals surface area contributed by atoms with Crippen molar-refractivity contribution in [3.05, 3.63) is 21.2 Å². The molecular weight excluding hydrogens is 260 g/mol. The van der Waals surface area contributed by atoms with Crippen LogP contribution >= 0.6 is 15.9 Å². The van der Waals surface area contributed by atoms with Gasteiger partial charge in [-0.2, -0.15) is 0 Å². The lowest BCUT2D eigenvalue weighted by molar-refractivity contribution is 0.688. The number of aromatic amines is 1. The van der Waals surface area contributed by atoms with E-state index in [0.29, 0.717) is 10.3 Å². The molecule has 1 heterocycles. The lowest BCUT2D eigenvalue weighted by Crippen LogP contribution is -2.18. The summed E-state index contributed by atoms with van der Waals surface area (Å²) in [6.07, 6.45) is 2.38. The summed E-state index contributed by atoms with van der Waals surface area (Å²) < 4.78 is 0.452. The van der Waals surface area contributed by atoms with Crippen LogP contribution in [0.1, 0.15) is 13.3 Å². The first kappa shape index (κ1) is 12.2. The molecular formula is C9H15BrN4O. The second kappa shape index (κ2) is 6.58. The summed E-state index contributed by atoms with van der Waals surface area (Å²) in [4.78, 5) is 17.7. The minimum absolute atomic E-state index is 0.167. The Balaban J connectivity index is 2.38. The van der Waals surface area contributed by atoms with Crippen LogP contribution in [0.5, 0.6) is 0 Å². The Morgan fingerprint density at radius 2 is 2.33 bits per heavy atom. The predicted molar refractivity (Wildman–Crippen MR) is 64.2 cm³/mol. The molecule has 5 nitrogen and oxygen atoms in total. The number of hydrogen-bond acceptors (Lipinski definition) is 4. The third-order valence-corrected chi connectivity index (χ3v) is 2.61. The quantitative estimate of drug-likeness (QED) is 0.676. The predicted octanol–water partition coefficient (Wildman–Crippen LogP) is 0.944. The van der Waals surface area contributed by atoms with Gasteiger partial charge in [-0.05, 0) is 35.4 Å². The zero-order chi connectivity index (χ0) is 11.1. The van der Waals surface area contributed by atoms with Gasteiger partial charge in [0.1, 0.15) is 10.3 Å². The first-order valence-electron chi connectivity index (χ1n) is 4.93. The molecule has 6 heteroatoms. The molecule has 0 aliphatic carbocycles. The van der Waals surface area contributed by atoms with Gasteiger partial charge < -0.3 is 15.6 Å². The van der Waals surface area contributed by atoms with Crippen LogP contribution in [0.25, 0.3) is 0 Å². The first-order valence-corrected chi connectivity index (χ1v) is 5.72. The van der Waals surface area contributed by atoms with Crippen molar-refractivity contribution in [3.63, 3.8) is 0 Å². The van der Waals surface area contributed by atoms with Crippen LogP contribution in [0.15, 0.2) is 15.6 Å². The molecule has 0 aliphatic rings. The van der Waals surface area contributed by atoms with Gasteiger partial charge in [-0.15, -0.1) is 0 Å². The molecule has 0 spiro atoms. The van der Waals surface area contributed by atoms with Crippen LogP contribution < -0.4 is 16.2 Å². The Morgan fingerprint density at radius 1 is 1.53 bits per heavy atom. The molecule has 1 aromatic rings. The standard InChI is InChI=1S/C9H15BrN4O/c1-2-11-4-3-5-12-8-7(10)9(15)14-6-13-8/h6,11H,2-5H2,1H3,(H2,12,13,14,15). The Bertz CT molecular complexity index is 352. The summed E-state index contributed by atoms with van der Waals surface area (Å²) in [5.74, 6) is 0.593. The topological polar surface area (TPSA) is 69.8 Å². The lowest BCUT2D eigenvalue weighted by atomic mass is 10.4. The molecule has 0 aliphatic heterocycles. The van der Waals surface area contributed by atoms with Gasteiger partial charge in [0.05, 0.1) is 6.33 Å². The fourth-order valence-electron chi connectivity index (χ4n) is 1.10. The van der Waals surface area contributed by atoms with Crippen molar-refractivity contribution in [1.29, 1.82) is 0 Å². The summed E-state index contributed by atoms with van der Waals surface area (Å²) in [6.45, 7) is 4.81. The van der Waals surface area contributed by atoms with Crippen molar-refractivity contribution in [1.82, 2.24) is 15.3 Å². The minimum atomic E-state index is -0.167. The summed E-state index contributed by atoms with van der Waals surface area (Å²) in [5.41, 5.74) is -0.167. The Morgan fingerprint density at radius 3 is 3.07 bits per heavy atom. The molecule has 0 saturated carbocycles. The van der Waals surface area contributed by atoms with E-state index in [0.717, 1.165) is 26.1 Å². The van der Waals surface area contributed by atoms with Gasteiger partial charge in [-0.25, -0.2) is 4.98 Å². The Hall–Kier alpha value is -0.880. The average Bonchev–Trinajstić information content (AvgIpc) is 2.24. The molecule has 84 valence electrons. The van der Waals surface area contributed by atoms with Gasteiger partial charge >= 0.3 is 0 Å². The molecule has 1 aromatic heterocycles. The van der Waals surface area contributed by atoms with Gasteiger partial charge in [-0.1, -0.05) is 6.92 Å². The zero-order valence-corrected chi connectivity index (χ0v) is 10.2. The van der Waals surface area contributed by atoms with E-state index in [1.54, 1.807) is 0 Å². The van der Waals surface area contributed by atoms with E-state index in [2.05, 4.69) is 43.5 Å². The number of halogens is 1. The maximum absolute atomic E-state index is 11.2. The van der Waals surface area contributed by atoms with E-state index in [9.17, 15) is 4.79 Å². The molecule has 0 aromatic carbocycles. The van der Waals surface area contributed by atoms with E-state index in [1.807, 2.05) is 0 Å². The van der Waals surface area contributed by atoms with Crippen LogP contribution in [0.2, 0.25) is 0 Å². The SMILES string of the molecule is CCNCCCNc1nc[nH]c(=O)c1Br. The molecule has 0 amide bonds. The summed E-state index contributed by atoms with van der Waals surface area (Å²) in [5, 5.41) is 6.32. The largest absolute Gasteiger partial charge is 0.369 e. The van der Waals surface area contributed by atoms with Crippen molar-refractivity contribution in [3.8, 4) is 0 Å². The van der Waals surface area contributed by atoms with Crippen molar-refractivity contribution < 1.29 is 0 Å². The second-order valence-corrected chi connectivity index (χ2v) is 3.82. The van der Waals surface area contributed by atoms with Crippen LogP contribution in [-0.2, 0) is 0 Å². The van der Waals surface area contributed by atoms with Crippen molar-refractivity contribution in [2.24, 2.45) is 0 Å². The van der Waals surface area contributed by atoms with Gasteiger partial charge in [0.2, 0.25) is 0 Å². The van der Waals surface area contributed by atoms with E-state index >= 15 is 0 Å². The number of aromatic nitrogens is 2. The monoisotopic (exact) mass is 274 g/mol. The molecule has 0 saturated heterocycles. The van der Waals surface area contributed by atoms with E-state index < -0.39 is 0 Å². The summed E-state index contributed by atoms with van der Waals surface area (Å²) in [6, 6.07) is 0. The van der Waals surface area contributed by atoms with Gasteiger partial charge in [-0.3, -0.25) is 4.79 Å². The molecule has 15 heavy (non-hydrogen) atoms. The molecule has 1 rings (SSSR count). The summed E-state index contributed by atoms with van der Waals surface area (Å²) in [7, 11) is 0. The first-order chi connectivity index (χ1) is 7.25. The second-order valence-electron chi connectivity index (χ2n) is 3.03. The van der Waals surface area contributed by atoms with E-state index in [4.69, 9.17) is 0 Å². The lowest BCUT2D eigenvalue weighted by Gasteiger charge is -2.06. The van der Waals surface area contributed by atoms with Gasteiger partial charge in [0.25, 0.3) is 5.56 Å². The molecule has 0 radical (unpaired) electrons. The molecule has 3 N–H and O–H groups in total. The summed E-state index contributed by atoms with van der Waals surface area (Å²) >= 11 is 3.18. The molecule has 0 bridgehead atoms. The highest BCUT2D eigenvalue weighted by atomic mass is 79.9. The number of H-pyrrole nitrogens is 1. The zero-order valence-electron chi connectivity index (χ0n) is 8.64. The van der Waals surface area contributed by atoms with E-state index in [-0.39, 0.29) is 5.56 Å². The molecule has 0 unspecified atom stereocenters. The van der Waals surface area contributed by atoms with Crippen LogP contribution in [0.4, 0.5) is 5.82 Å². The van der Waals surface area contributed by atoms with Crippen LogP contribution in [0, 0.1) is 0 Å². The maximum Gasteiger partial charge on any atom is 0.267 e. The molecule has 0 atom stereocenters.